The van der Waals surface area contributed by atoms with Crippen molar-refractivity contribution in [3.05, 3.63) is 80.9 Å². The molecule has 0 bridgehead atoms. The second-order valence-electron chi connectivity index (χ2n) is 6.84. The van der Waals surface area contributed by atoms with E-state index in [9.17, 15) is 9.59 Å². The molecule has 1 N–H and O–H groups in total. The van der Waals surface area contributed by atoms with Gasteiger partial charge in [0.05, 0.1) is 22.7 Å². The van der Waals surface area contributed by atoms with Crippen LogP contribution < -0.4 is 10.9 Å². The molecule has 152 valence electrons. The average Bonchev–Trinajstić information content (AvgIpc) is 3.27. The Hall–Kier alpha value is -2.97. The van der Waals surface area contributed by atoms with Gasteiger partial charge in [0.2, 0.25) is 5.91 Å². The average molecular weight is 437 g/mol. The first kappa shape index (κ1) is 20.3. The lowest BCUT2D eigenvalue weighted by Gasteiger charge is -2.14. The number of benzene rings is 1. The Morgan fingerprint density at radius 1 is 1.23 bits per heavy atom. The number of thioether (sulfide) groups is 1. The molecule has 1 amide bonds. The normalized spacial score (nSPS) is 12.1. The molecule has 0 aliphatic heterocycles. The van der Waals surface area contributed by atoms with Crippen molar-refractivity contribution in [1.82, 2.24) is 19.9 Å². The summed E-state index contributed by atoms with van der Waals surface area (Å²) in [6, 6.07) is 14.8. The molecular weight excluding hydrogens is 416 g/mol. The van der Waals surface area contributed by atoms with Crippen LogP contribution in [0, 0.1) is 6.92 Å². The topological polar surface area (TPSA) is 76.9 Å². The van der Waals surface area contributed by atoms with E-state index in [1.54, 1.807) is 29.7 Å². The van der Waals surface area contributed by atoms with E-state index < -0.39 is 0 Å². The standard InChI is InChI=1S/C22H20N4O2S2/c1-14-9-10-23-19(12-14)26-21(28)16-6-3-4-7-17(16)25-22(26)30-13-20(27)24-15(2)18-8-5-11-29-18/h3-12,15H,13H2,1-2H3,(H,24,27). The lowest BCUT2D eigenvalue weighted by molar-refractivity contribution is -0.119. The minimum atomic E-state index is -0.200. The Labute approximate surface area is 182 Å². The van der Waals surface area contributed by atoms with Gasteiger partial charge in [0.15, 0.2) is 5.16 Å². The van der Waals surface area contributed by atoms with Gasteiger partial charge >= 0.3 is 0 Å². The lowest BCUT2D eigenvalue weighted by Crippen LogP contribution is -2.28. The SMILES string of the molecule is Cc1ccnc(-n2c(SCC(=O)NC(C)c3cccs3)nc3ccccc3c2=O)c1. The predicted molar refractivity (Wildman–Crippen MR) is 121 cm³/mol. The molecule has 8 heteroatoms. The van der Waals surface area contributed by atoms with Gasteiger partial charge in [0, 0.05) is 11.1 Å². The molecular formula is C22H20N4O2S2. The number of fused-ring (bicyclic) bond motifs is 1. The zero-order valence-corrected chi connectivity index (χ0v) is 18.2. The van der Waals surface area contributed by atoms with Gasteiger partial charge in [-0.05, 0) is 55.1 Å². The summed E-state index contributed by atoms with van der Waals surface area (Å²) in [5.41, 5.74) is 1.38. The van der Waals surface area contributed by atoms with E-state index in [1.807, 2.05) is 55.6 Å². The summed E-state index contributed by atoms with van der Waals surface area (Å²) >= 11 is 2.83. The van der Waals surface area contributed by atoms with Crippen molar-refractivity contribution in [2.75, 3.05) is 5.75 Å². The highest BCUT2D eigenvalue weighted by Gasteiger charge is 2.17. The minimum Gasteiger partial charge on any atom is -0.348 e. The number of rotatable bonds is 6. The Morgan fingerprint density at radius 3 is 2.83 bits per heavy atom. The first-order chi connectivity index (χ1) is 14.5. The number of carbonyl (C=O) groups is 1. The van der Waals surface area contributed by atoms with Crippen molar-refractivity contribution in [1.29, 1.82) is 0 Å². The fraction of sp³-hybridized carbons (Fsp3) is 0.182. The van der Waals surface area contributed by atoms with Crippen molar-refractivity contribution >= 4 is 39.9 Å². The summed E-state index contributed by atoms with van der Waals surface area (Å²) in [6.07, 6.45) is 1.66. The van der Waals surface area contributed by atoms with Gasteiger partial charge in [-0.2, -0.15) is 0 Å². The van der Waals surface area contributed by atoms with E-state index >= 15 is 0 Å². The van der Waals surface area contributed by atoms with Crippen LogP contribution in [0.4, 0.5) is 0 Å². The third-order valence-electron chi connectivity index (χ3n) is 4.55. The number of pyridine rings is 1. The quantitative estimate of drug-likeness (QED) is 0.363. The highest BCUT2D eigenvalue weighted by Crippen LogP contribution is 2.22. The maximum absolute atomic E-state index is 13.2. The smallest absolute Gasteiger partial charge is 0.267 e. The van der Waals surface area contributed by atoms with Crippen LogP contribution in [0.3, 0.4) is 0 Å². The maximum Gasteiger partial charge on any atom is 0.267 e. The first-order valence-corrected chi connectivity index (χ1v) is 11.3. The molecule has 6 nitrogen and oxygen atoms in total. The van der Waals surface area contributed by atoms with E-state index in [4.69, 9.17) is 0 Å². The van der Waals surface area contributed by atoms with Gasteiger partial charge in [-0.15, -0.1) is 11.3 Å². The van der Waals surface area contributed by atoms with Crippen LogP contribution in [0.1, 0.15) is 23.4 Å². The van der Waals surface area contributed by atoms with Crippen LogP contribution in [0.2, 0.25) is 0 Å². The molecule has 0 aliphatic carbocycles. The maximum atomic E-state index is 13.2. The number of thiophene rings is 1. The first-order valence-electron chi connectivity index (χ1n) is 9.43. The minimum absolute atomic E-state index is 0.0664. The van der Waals surface area contributed by atoms with Gasteiger partial charge in [-0.1, -0.05) is 30.0 Å². The highest BCUT2D eigenvalue weighted by atomic mass is 32.2. The van der Waals surface area contributed by atoms with E-state index in [2.05, 4.69) is 15.3 Å². The number of nitrogens with one attached hydrogen (secondary N) is 1. The number of hydrogen-bond donors (Lipinski definition) is 1. The van der Waals surface area contributed by atoms with Crippen molar-refractivity contribution in [2.24, 2.45) is 0 Å². The van der Waals surface area contributed by atoms with Crippen molar-refractivity contribution < 1.29 is 4.79 Å². The van der Waals surface area contributed by atoms with Crippen LogP contribution in [0.25, 0.3) is 16.7 Å². The number of aryl methyl sites for hydroxylation is 1. The molecule has 30 heavy (non-hydrogen) atoms. The molecule has 4 aromatic rings. The summed E-state index contributed by atoms with van der Waals surface area (Å²) < 4.78 is 1.48. The third kappa shape index (κ3) is 4.29. The summed E-state index contributed by atoms with van der Waals surface area (Å²) in [6.45, 7) is 3.90. The largest absolute Gasteiger partial charge is 0.348 e. The van der Waals surface area contributed by atoms with Crippen molar-refractivity contribution in [3.63, 3.8) is 0 Å². The molecule has 1 atom stereocenters. The van der Waals surface area contributed by atoms with Crippen molar-refractivity contribution in [3.8, 4) is 5.82 Å². The second kappa shape index (κ2) is 8.81. The fourth-order valence-electron chi connectivity index (χ4n) is 3.08. The van der Waals surface area contributed by atoms with E-state index in [1.165, 1.54) is 16.3 Å². The highest BCUT2D eigenvalue weighted by molar-refractivity contribution is 7.99. The summed E-state index contributed by atoms with van der Waals surface area (Å²) in [4.78, 5) is 35.8. The molecule has 1 unspecified atom stereocenters. The Balaban J connectivity index is 1.65. The Bertz CT molecular complexity index is 1250. The monoisotopic (exact) mass is 436 g/mol. The van der Waals surface area contributed by atoms with Crippen LogP contribution in [0.15, 0.2) is 70.1 Å². The summed E-state index contributed by atoms with van der Waals surface area (Å²) in [5.74, 6) is 0.520. The van der Waals surface area contributed by atoms with Gasteiger partial charge in [-0.3, -0.25) is 9.59 Å². The fourth-order valence-corrected chi connectivity index (χ4v) is 4.62. The Kier molecular flexibility index (Phi) is 5.96. The van der Waals surface area contributed by atoms with E-state index in [0.29, 0.717) is 21.9 Å². The molecule has 0 fully saturated rings. The van der Waals surface area contributed by atoms with Gasteiger partial charge in [0.1, 0.15) is 5.82 Å². The number of aromatic nitrogens is 3. The summed E-state index contributed by atoms with van der Waals surface area (Å²) in [5, 5.41) is 5.93. The van der Waals surface area contributed by atoms with Crippen LogP contribution in [0.5, 0.6) is 0 Å². The van der Waals surface area contributed by atoms with E-state index in [0.717, 1.165) is 10.4 Å². The molecule has 3 aromatic heterocycles. The molecule has 4 rings (SSSR count). The zero-order valence-electron chi connectivity index (χ0n) is 16.5. The Morgan fingerprint density at radius 2 is 2.07 bits per heavy atom. The summed E-state index contributed by atoms with van der Waals surface area (Å²) in [7, 11) is 0. The molecule has 1 aromatic carbocycles. The third-order valence-corrected chi connectivity index (χ3v) is 6.55. The molecule has 0 spiro atoms. The van der Waals surface area contributed by atoms with Crippen LogP contribution in [-0.2, 0) is 4.79 Å². The molecule has 0 radical (unpaired) electrons. The van der Waals surface area contributed by atoms with E-state index in [-0.39, 0.29) is 23.3 Å². The van der Waals surface area contributed by atoms with Gasteiger partial charge < -0.3 is 5.32 Å². The second-order valence-corrected chi connectivity index (χ2v) is 8.76. The predicted octanol–water partition coefficient (Wildman–Crippen LogP) is 4.12. The molecule has 3 heterocycles. The zero-order chi connectivity index (χ0) is 21.1. The van der Waals surface area contributed by atoms with Crippen LogP contribution in [-0.4, -0.2) is 26.2 Å². The number of para-hydroxylation sites is 1. The number of hydrogen-bond acceptors (Lipinski definition) is 6. The number of amides is 1. The van der Waals surface area contributed by atoms with Crippen LogP contribution >= 0.6 is 23.1 Å². The lowest BCUT2D eigenvalue weighted by atomic mass is 10.2. The van der Waals surface area contributed by atoms with Gasteiger partial charge in [-0.25, -0.2) is 14.5 Å². The molecule has 0 aliphatic rings. The van der Waals surface area contributed by atoms with Gasteiger partial charge in [0.25, 0.3) is 5.56 Å². The molecule has 0 saturated heterocycles. The number of nitrogens with zero attached hydrogens (tertiary/aromatic N) is 3. The molecule has 0 saturated carbocycles. The number of carbonyl (C=O) groups excluding carboxylic acids is 1. The van der Waals surface area contributed by atoms with Crippen molar-refractivity contribution in [2.45, 2.75) is 25.0 Å².